The van der Waals surface area contributed by atoms with Gasteiger partial charge in [0.1, 0.15) is 5.92 Å². The number of hydrogen-bond donors (Lipinski definition) is 2. The Morgan fingerprint density at radius 2 is 1.73 bits per heavy atom. The van der Waals surface area contributed by atoms with Crippen molar-refractivity contribution in [3.8, 4) is 0 Å². The Morgan fingerprint density at radius 1 is 1.12 bits per heavy atom. The average Bonchev–Trinajstić information content (AvgIpc) is 2.55. The van der Waals surface area contributed by atoms with Crippen molar-refractivity contribution in [1.82, 2.24) is 5.32 Å². The summed E-state index contributed by atoms with van der Waals surface area (Å²) in [5.74, 6) is -2.21. The summed E-state index contributed by atoms with van der Waals surface area (Å²) >= 11 is 11.8. The number of imide groups is 1. The molecule has 0 spiro atoms. The first kappa shape index (κ1) is 18.2. The number of carbonyl (C=O) groups is 3. The maximum Gasteiger partial charge on any atom is 0.328 e. The van der Waals surface area contributed by atoms with E-state index in [9.17, 15) is 14.4 Å². The topological polar surface area (TPSA) is 78.5 Å². The fourth-order valence-corrected chi connectivity index (χ4v) is 3.14. The van der Waals surface area contributed by atoms with Gasteiger partial charge in [-0.05, 0) is 37.3 Å². The van der Waals surface area contributed by atoms with Gasteiger partial charge in [-0.2, -0.15) is 0 Å². The first-order valence-electron chi connectivity index (χ1n) is 7.80. The molecule has 6 nitrogen and oxygen atoms in total. The van der Waals surface area contributed by atoms with Gasteiger partial charge in [0, 0.05) is 22.3 Å². The number of benzene rings is 2. The minimum absolute atomic E-state index is 0.0832. The molecule has 0 radical (unpaired) electrons. The third-order valence-electron chi connectivity index (χ3n) is 3.92. The Kier molecular flexibility index (Phi) is 5.15. The predicted molar refractivity (Wildman–Crippen MR) is 101 cm³/mol. The van der Waals surface area contributed by atoms with Crippen molar-refractivity contribution in [3.05, 3.63) is 58.1 Å². The number of nitrogens with one attached hydrogen (secondary N) is 2. The van der Waals surface area contributed by atoms with E-state index >= 15 is 0 Å². The van der Waals surface area contributed by atoms with Gasteiger partial charge in [0.2, 0.25) is 11.8 Å². The zero-order valence-corrected chi connectivity index (χ0v) is 15.3. The van der Waals surface area contributed by atoms with E-state index in [1.807, 2.05) is 6.92 Å². The van der Waals surface area contributed by atoms with Crippen LogP contribution in [0.2, 0.25) is 10.0 Å². The molecule has 1 saturated heterocycles. The molecule has 0 aliphatic carbocycles. The number of hydrogen-bond acceptors (Lipinski definition) is 3. The molecule has 8 heteroatoms. The monoisotopic (exact) mass is 391 g/mol. The molecule has 1 aliphatic rings. The molecule has 2 N–H and O–H groups in total. The van der Waals surface area contributed by atoms with Crippen molar-refractivity contribution in [2.75, 3.05) is 16.8 Å². The predicted octanol–water partition coefficient (Wildman–Crippen LogP) is 3.61. The van der Waals surface area contributed by atoms with Gasteiger partial charge in [-0.25, -0.2) is 9.69 Å². The fourth-order valence-electron chi connectivity index (χ4n) is 2.61. The molecule has 3 rings (SSSR count). The Morgan fingerprint density at radius 3 is 2.35 bits per heavy atom. The van der Waals surface area contributed by atoms with Crippen molar-refractivity contribution >= 4 is 52.4 Å². The third-order valence-corrected chi connectivity index (χ3v) is 4.35. The zero-order chi connectivity index (χ0) is 18.8. The average molecular weight is 392 g/mol. The van der Waals surface area contributed by atoms with Gasteiger partial charge in [-0.1, -0.05) is 40.9 Å². The summed E-state index contributed by atoms with van der Waals surface area (Å²) in [5.41, 5.74) is 1.77. The molecule has 2 aromatic rings. The second kappa shape index (κ2) is 7.35. The lowest BCUT2D eigenvalue weighted by molar-refractivity contribution is -0.130. The lowest BCUT2D eigenvalue weighted by Crippen LogP contribution is -2.58. The first-order chi connectivity index (χ1) is 12.3. The van der Waals surface area contributed by atoms with Gasteiger partial charge in [-0.15, -0.1) is 0 Å². The Balaban J connectivity index is 1.81. The summed E-state index contributed by atoms with van der Waals surface area (Å²) in [6.45, 7) is 1.81. The molecule has 1 heterocycles. The van der Waals surface area contributed by atoms with Crippen LogP contribution < -0.4 is 15.5 Å². The molecular weight excluding hydrogens is 377 g/mol. The summed E-state index contributed by atoms with van der Waals surface area (Å²) in [5, 5.41) is 5.90. The third kappa shape index (κ3) is 3.81. The summed E-state index contributed by atoms with van der Waals surface area (Å²) in [7, 11) is 0. The van der Waals surface area contributed by atoms with E-state index < -0.39 is 23.8 Å². The largest absolute Gasteiger partial charge is 0.336 e. The van der Waals surface area contributed by atoms with Crippen LogP contribution in [0.15, 0.2) is 42.5 Å². The molecule has 26 heavy (non-hydrogen) atoms. The number of carbonyl (C=O) groups excluding carboxylic acids is 3. The lowest BCUT2D eigenvalue weighted by atomic mass is 10.0. The van der Waals surface area contributed by atoms with Crippen LogP contribution in [0, 0.1) is 12.8 Å². The molecule has 134 valence electrons. The van der Waals surface area contributed by atoms with Crippen molar-refractivity contribution in [2.45, 2.75) is 6.92 Å². The molecule has 0 saturated carbocycles. The number of urea groups is 1. The van der Waals surface area contributed by atoms with Crippen LogP contribution in [0.3, 0.4) is 0 Å². The Hall–Kier alpha value is -2.57. The summed E-state index contributed by atoms with van der Waals surface area (Å²) < 4.78 is 0. The highest BCUT2D eigenvalue weighted by molar-refractivity contribution is 6.35. The van der Waals surface area contributed by atoms with E-state index in [0.717, 1.165) is 10.5 Å². The highest BCUT2D eigenvalue weighted by atomic mass is 35.5. The number of aryl methyl sites for hydroxylation is 1. The number of anilines is 2. The second-order valence-corrected chi connectivity index (χ2v) is 6.77. The Labute approximate surface area is 160 Å². The van der Waals surface area contributed by atoms with E-state index in [2.05, 4.69) is 10.6 Å². The number of amides is 4. The molecule has 2 aromatic carbocycles. The van der Waals surface area contributed by atoms with E-state index in [1.54, 1.807) is 24.3 Å². The number of halogens is 2. The maximum atomic E-state index is 12.7. The van der Waals surface area contributed by atoms with Crippen LogP contribution in [0.4, 0.5) is 16.2 Å². The smallest absolute Gasteiger partial charge is 0.328 e. The van der Waals surface area contributed by atoms with Crippen LogP contribution in [-0.4, -0.2) is 24.4 Å². The molecule has 1 unspecified atom stereocenters. The quantitative estimate of drug-likeness (QED) is 0.784. The van der Waals surface area contributed by atoms with Gasteiger partial charge in [-0.3, -0.25) is 9.59 Å². The molecular formula is C18H15Cl2N3O3. The number of rotatable bonds is 3. The van der Waals surface area contributed by atoms with E-state index in [0.29, 0.717) is 21.4 Å². The van der Waals surface area contributed by atoms with Crippen LogP contribution in [0.5, 0.6) is 0 Å². The Bertz CT molecular complexity index is 864. The van der Waals surface area contributed by atoms with Crippen LogP contribution in [-0.2, 0) is 9.59 Å². The highest BCUT2D eigenvalue weighted by Crippen LogP contribution is 2.24. The van der Waals surface area contributed by atoms with Crippen molar-refractivity contribution in [1.29, 1.82) is 0 Å². The molecule has 0 bridgehead atoms. The first-order valence-corrected chi connectivity index (χ1v) is 8.56. The van der Waals surface area contributed by atoms with E-state index in [-0.39, 0.29) is 6.54 Å². The van der Waals surface area contributed by atoms with Crippen molar-refractivity contribution in [3.63, 3.8) is 0 Å². The second-order valence-electron chi connectivity index (χ2n) is 5.90. The molecule has 0 aromatic heterocycles. The molecule has 1 aliphatic heterocycles. The fraction of sp³-hybridized carbons (Fsp3) is 0.167. The van der Waals surface area contributed by atoms with E-state index in [1.165, 1.54) is 18.2 Å². The zero-order valence-electron chi connectivity index (χ0n) is 13.8. The van der Waals surface area contributed by atoms with Gasteiger partial charge >= 0.3 is 6.03 Å². The van der Waals surface area contributed by atoms with Crippen LogP contribution >= 0.6 is 23.2 Å². The molecule has 1 atom stereocenters. The SMILES string of the molecule is Cc1ccc(N2C(=O)NCC(C(=O)Nc3cc(Cl)cc(Cl)c3)C2=O)cc1. The summed E-state index contributed by atoms with van der Waals surface area (Å²) in [6.07, 6.45) is 0. The van der Waals surface area contributed by atoms with E-state index in [4.69, 9.17) is 23.2 Å². The maximum absolute atomic E-state index is 12.7. The lowest BCUT2D eigenvalue weighted by Gasteiger charge is -2.30. The van der Waals surface area contributed by atoms with Crippen LogP contribution in [0.25, 0.3) is 0 Å². The number of nitrogens with zero attached hydrogens (tertiary/aromatic N) is 1. The molecule has 4 amide bonds. The van der Waals surface area contributed by atoms with Gasteiger partial charge in [0.05, 0.1) is 5.69 Å². The summed E-state index contributed by atoms with van der Waals surface area (Å²) in [4.78, 5) is 38.4. The normalized spacial score (nSPS) is 17.0. The van der Waals surface area contributed by atoms with Crippen molar-refractivity contribution in [2.24, 2.45) is 5.92 Å². The van der Waals surface area contributed by atoms with Gasteiger partial charge in [0.25, 0.3) is 0 Å². The standard InChI is InChI=1S/C18H15Cl2N3O3/c1-10-2-4-14(5-3-10)23-17(25)15(9-21-18(23)26)16(24)22-13-7-11(19)6-12(20)8-13/h2-8,15H,9H2,1H3,(H,21,26)(H,22,24). The molecule has 1 fully saturated rings. The van der Waals surface area contributed by atoms with Gasteiger partial charge < -0.3 is 10.6 Å². The van der Waals surface area contributed by atoms with Crippen LogP contribution in [0.1, 0.15) is 5.56 Å². The summed E-state index contributed by atoms with van der Waals surface area (Å²) in [6, 6.07) is 10.9. The highest BCUT2D eigenvalue weighted by Gasteiger charge is 2.39. The minimum Gasteiger partial charge on any atom is -0.336 e. The minimum atomic E-state index is -1.06. The van der Waals surface area contributed by atoms with Gasteiger partial charge in [0.15, 0.2) is 0 Å². The van der Waals surface area contributed by atoms with Crippen molar-refractivity contribution < 1.29 is 14.4 Å².